The predicted octanol–water partition coefficient (Wildman–Crippen LogP) is 1.13. The zero-order valence-electron chi connectivity index (χ0n) is 6.91. The third-order valence-corrected chi connectivity index (χ3v) is 2.25. The summed E-state index contributed by atoms with van der Waals surface area (Å²) >= 11 is 0. The molecular weight excluding hydrogens is 144 g/mol. The van der Waals surface area contributed by atoms with Gasteiger partial charge in [0.1, 0.15) is 0 Å². The van der Waals surface area contributed by atoms with Gasteiger partial charge in [-0.25, -0.2) is 4.79 Å². The van der Waals surface area contributed by atoms with Crippen LogP contribution in [0.4, 0.5) is 0 Å². The minimum atomic E-state index is -0.826. The Morgan fingerprint density at radius 1 is 1.64 bits per heavy atom. The molecule has 11 heavy (non-hydrogen) atoms. The van der Waals surface area contributed by atoms with Crippen LogP contribution in [0.5, 0.6) is 0 Å². The summed E-state index contributed by atoms with van der Waals surface area (Å²) in [5.41, 5.74) is 0. The second kappa shape index (κ2) is 3.22. The SMILES string of the molecule is CC(C)C1COC(C(=O)O)C1. The van der Waals surface area contributed by atoms with Crippen molar-refractivity contribution in [3.05, 3.63) is 0 Å². The lowest BCUT2D eigenvalue weighted by Gasteiger charge is -2.10. The lowest BCUT2D eigenvalue weighted by Crippen LogP contribution is -2.18. The molecule has 0 spiro atoms. The van der Waals surface area contributed by atoms with Crippen LogP contribution in [0.1, 0.15) is 20.3 Å². The van der Waals surface area contributed by atoms with Crippen LogP contribution in [-0.2, 0) is 9.53 Å². The second-order valence-electron chi connectivity index (χ2n) is 3.40. The van der Waals surface area contributed by atoms with Crippen LogP contribution >= 0.6 is 0 Å². The minimum Gasteiger partial charge on any atom is -0.479 e. The maximum Gasteiger partial charge on any atom is 0.332 e. The number of ether oxygens (including phenoxy) is 1. The summed E-state index contributed by atoms with van der Waals surface area (Å²) in [4.78, 5) is 10.4. The van der Waals surface area contributed by atoms with Gasteiger partial charge >= 0.3 is 5.97 Å². The van der Waals surface area contributed by atoms with Gasteiger partial charge < -0.3 is 9.84 Å². The Morgan fingerprint density at radius 3 is 2.55 bits per heavy atom. The van der Waals surface area contributed by atoms with Crippen molar-refractivity contribution in [1.29, 1.82) is 0 Å². The molecule has 1 aliphatic heterocycles. The van der Waals surface area contributed by atoms with Gasteiger partial charge in [0.2, 0.25) is 0 Å². The molecule has 2 atom stereocenters. The molecule has 1 N–H and O–H groups in total. The molecule has 3 heteroatoms. The smallest absolute Gasteiger partial charge is 0.332 e. The van der Waals surface area contributed by atoms with Crippen LogP contribution in [-0.4, -0.2) is 23.8 Å². The molecule has 0 bridgehead atoms. The van der Waals surface area contributed by atoms with Crippen LogP contribution in [0.15, 0.2) is 0 Å². The summed E-state index contributed by atoms with van der Waals surface area (Å²) in [6.07, 6.45) is 0.120. The van der Waals surface area contributed by atoms with E-state index < -0.39 is 12.1 Å². The van der Waals surface area contributed by atoms with Crippen molar-refractivity contribution in [3.8, 4) is 0 Å². The maximum absolute atomic E-state index is 10.4. The number of carbonyl (C=O) groups is 1. The molecule has 0 aromatic rings. The average molecular weight is 158 g/mol. The maximum atomic E-state index is 10.4. The number of carboxylic acids is 1. The van der Waals surface area contributed by atoms with Crippen LogP contribution in [0.25, 0.3) is 0 Å². The summed E-state index contributed by atoms with van der Waals surface area (Å²) < 4.78 is 5.09. The fourth-order valence-electron chi connectivity index (χ4n) is 1.29. The molecular formula is C8H14O3. The number of carboxylic acid groups (broad SMARTS) is 1. The molecule has 1 heterocycles. The Kier molecular flexibility index (Phi) is 2.49. The van der Waals surface area contributed by atoms with Crippen molar-refractivity contribution in [3.63, 3.8) is 0 Å². The van der Waals surface area contributed by atoms with Gasteiger partial charge in [0.25, 0.3) is 0 Å². The Bertz CT molecular complexity index is 153. The quantitative estimate of drug-likeness (QED) is 0.655. The fraction of sp³-hybridized carbons (Fsp3) is 0.875. The fourth-order valence-corrected chi connectivity index (χ4v) is 1.29. The molecule has 0 aliphatic carbocycles. The molecule has 64 valence electrons. The molecule has 0 aromatic carbocycles. The Labute approximate surface area is 66.4 Å². The second-order valence-corrected chi connectivity index (χ2v) is 3.40. The first-order chi connectivity index (χ1) is 5.11. The molecule has 0 radical (unpaired) electrons. The molecule has 1 rings (SSSR count). The zero-order chi connectivity index (χ0) is 8.43. The molecule has 3 nitrogen and oxygen atoms in total. The zero-order valence-corrected chi connectivity index (χ0v) is 6.91. The molecule has 0 saturated carbocycles. The molecule has 2 unspecified atom stereocenters. The lowest BCUT2D eigenvalue weighted by molar-refractivity contribution is -0.147. The van der Waals surface area contributed by atoms with Crippen LogP contribution < -0.4 is 0 Å². The third kappa shape index (κ3) is 1.93. The van der Waals surface area contributed by atoms with E-state index in [9.17, 15) is 4.79 Å². The van der Waals surface area contributed by atoms with Crippen LogP contribution in [0.2, 0.25) is 0 Å². The first-order valence-electron chi connectivity index (χ1n) is 3.95. The van der Waals surface area contributed by atoms with Gasteiger partial charge in [-0.05, 0) is 18.3 Å². The molecule has 0 amide bonds. The molecule has 1 saturated heterocycles. The van der Waals surface area contributed by atoms with E-state index >= 15 is 0 Å². The van der Waals surface area contributed by atoms with E-state index in [4.69, 9.17) is 9.84 Å². The van der Waals surface area contributed by atoms with Crippen molar-refractivity contribution in [2.24, 2.45) is 11.8 Å². The largest absolute Gasteiger partial charge is 0.479 e. The summed E-state index contributed by atoms with van der Waals surface area (Å²) in [6.45, 7) is 4.80. The summed E-state index contributed by atoms with van der Waals surface area (Å²) in [7, 11) is 0. The minimum absolute atomic E-state index is 0.427. The Morgan fingerprint density at radius 2 is 2.27 bits per heavy atom. The van der Waals surface area contributed by atoms with Crippen molar-refractivity contribution in [2.45, 2.75) is 26.4 Å². The summed E-state index contributed by atoms with van der Waals surface area (Å²) in [5, 5.41) is 8.59. The highest BCUT2D eigenvalue weighted by Crippen LogP contribution is 2.25. The van der Waals surface area contributed by atoms with Gasteiger partial charge in [0.05, 0.1) is 6.61 Å². The van der Waals surface area contributed by atoms with Gasteiger partial charge in [-0.2, -0.15) is 0 Å². The van der Waals surface area contributed by atoms with E-state index in [1.807, 2.05) is 0 Å². The summed E-state index contributed by atoms with van der Waals surface area (Å²) in [6, 6.07) is 0. The van der Waals surface area contributed by atoms with E-state index in [1.165, 1.54) is 0 Å². The number of aliphatic carboxylic acids is 1. The van der Waals surface area contributed by atoms with Crippen molar-refractivity contribution < 1.29 is 14.6 Å². The van der Waals surface area contributed by atoms with Gasteiger partial charge in [-0.3, -0.25) is 0 Å². The average Bonchev–Trinajstić information content (AvgIpc) is 2.33. The normalized spacial score (nSPS) is 31.2. The molecule has 0 aromatic heterocycles. The molecule has 1 aliphatic rings. The van der Waals surface area contributed by atoms with Crippen molar-refractivity contribution in [2.75, 3.05) is 6.61 Å². The number of hydrogen-bond donors (Lipinski definition) is 1. The van der Waals surface area contributed by atoms with E-state index in [1.54, 1.807) is 0 Å². The number of rotatable bonds is 2. The van der Waals surface area contributed by atoms with Gasteiger partial charge in [-0.1, -0.05) is 13.8 Å². The van der Waals surface area contributed by atoms with Crippen molar-refractivity contribution >= 4 is 5.97 Å². The summed E-state index contributed by atoms with van der Waals surface area (Å²) in [5.74, 6) is 0.128. The first-order valence-corrected chi connectivity index (χ1v) is 3.95. The van der Waals surface area contributed by atoms with Crippen molar-refractivity contribution in [1.82, 2.24) is 0 Å². The Balaban J connectivity index is 2.41. The van der Waals surface area contributed by atoms with E-state index in [-0.39, 0.29) is 0 Å². The number of hydrogen-bond acceptors (Lipinski definition) is 2. The highest BCUT2D eigenvalue weighted by atomic mass is 16.5. The van der Waals surface area contributed by atoms with Crippen LogP contribution in [0.3, 0.4) is 0 Å². The van der Waals surface area contributed by atoms with E-state index in [0.717, 1.165) is 0 Å². The van der Waals surface area contributed by atoms with Crippen LogP contribution in [0, 0.1) is 11.8 Å². The highest BCUT2D eigenvalue weighted by Gasteiger charge is 2.31. The highest BCUT2D eigenvalue weighted by molar-refractivity contribution is 5.72. The lowest BCUT2D eigenvalue weighted by atomic mass is 9.93. The topological polar surface area (TPSA) is 46.5 Å². The van der Waals surface area contributed by atoms with Gasteiger partial charge in [0, 0.05) is 0 Å². The standard InChI is InChI=1S/C8H14O3/c1-5(2)6-3-7(8(9)10)11-4-6/h5-7H,3-4H2,1-2H3,(H,9,10). The third-order valence-electron chi connectivity index (χ3n) is 2.25. The van der Waals surface area contributed by atoms with E-state index in [0.29, 0.717) is 24.9 Å². The van der Waals surface area contributed by atoms with Gasteiger partial charge in [0.15, 0.2) is 6.10 Å². The molecule has 1 fully saturated rings. The van der Waals surface area contributed by atoms with Gasteiger partial charge in [-0.15, -0.1) is 0 Å². The monoisotopic (exact) mass is 158 g/mol. The first kappa shape index (κ1) is 8.53. The Hall–Kier alpha value is -0.570. The van der Waals surface area contributed by atoms with E-state index in [2.05, 4.69) is 13.8 Å². The predicted molar refractivity (Wildman–Crippen MR) is 40.3 cm³/mol.